The number of para-hydroxylation sites is 2. The first-order valence-electron chi connectivity index (χ1n) is 7.20. The molecule has 1 aliphatic heterocycles. The van der Waals surface area contributed by atoms with E-state index in [9.17, 15) is 0 Å². The average Bonchev–Trinajstić information content (AvgIpc) is 2.96. The molecule has 117 valence electrons. The Morgan fingerprint density at radius 3 is 2.09 bits per heavy atom. The summed E-state index contributed by atoms with van der Waals surface area (Å²) in [5.41, 5.74) is 3.38. The fourth-order valence-electron chi connectivity index (χ4n) is 2.68. The topological polar surface area (TPSA) is 32.3 Å². The van der Waals surface area contributed by atoms with Crippen molar-refractivity contribution in [1.29, 1.82) is 0 Å². The first-order chi connectivity index (χ1) is 10.8. The fourth-order valence-corrected chi connectivity index (χ4v) is 2.68. The molecule has 1 aliphatic rings. The van der Waals surface area contributed by atoms with Crippen LogP contribution in [0, 0.1) is 13.6 Å². The first kappa shape index (κ1) is 15.7. The molecule has 2 aromatic carbocycles. The summed E-state index contributed by atoms with van der Waals surface area (Å²) in [6.07, 6.45) is 3.45. The van der Waals surface area contributed by atoms with E-state index in [4.69, 9.17) is 0 Å². The summed E-state index contributed by atoms with van der Waals surface area (Å²) in [6, 6.07) is 18.5. The van der Waals surface area contributed by atoms with Crippen molar-refractivity contribution in [1.82, 2.24) is 9.97 Å². The van der Waals surface area contributed by atoms with Gasteiger partial charge in [-0.1, -0.05) is 36.4 Å². The second-order valence-electron chi connectivity index (χ2n) is 5.18. The minimum Gasteiger partial charge on any atom is -0.456 e. The van der Waals surface area contributed by atoms with Crippen LogP contribution in [0.4, 0.5) is 23.0 Å². The van der Waals surface area contributed by atoms with Gasteiger partial charge in [0.2, 0.25) is 0 Å². The number of nitrogens with zero attached hydrogens (tertiary/aromatic N) is 4. The Morgan fingerprint density at radius 2 is 1.39 bits per heavy atom. The van der Waals surface area contributed by atoms with Crippen LogP contribution in [0.1, 0.15) is 5.56 Å². The van der Waals surface area contributed by atoms with Crippen LogP contribution in [0.15, 0.2) is 67.0 Å². The van der Waals surface area contributed by atoms with Gasteiger partial charge in [-0.25, -0.2) is 9.97 Å². The molecule has 0 aliphatic carbocycles. The van der Waals surface area contributed by atoms with Crippen LogP contribution < -0.4 is 9.80 Å². The van der Waals surface area contributed by atoms with E-state index in [-0.39, 0.29) is 20.1 Å². The van der Waals surface area contributed by atoms with Gasteiger partial charge in [-0.15, -0.1) is 6.67 Å². The summed E-state index contributed by atoms with van der Waals surface area (Å²) in [5, 5.41) is 0. The van der Waals surface area contributed by atoms with Crippen molar-refractivity contribution in [3.8, 4) is 0 Å². The molecule has 0 spiro atoms. The summed E-state index contributed by atoms with van der Waals surface area (Å²) in [7, 11) is 0. The van der Waals surface area contributed by atoms with Gasteiger partial charge in [0.15, 0.2) is 0 Å². The maximum atomic E-state index is 4.52. The third-order valence-electron chi connectivity index (χ3n) is 3.76. The number of rotatable bonds is 2. The van der Waals surface area contributed by atoms with E-state index in [0.29, 0.717) is 0 Å². The van der Waals surface area contributed by atoms with Crippen LogP contribution in [-0.2, 0) is 20.1 Å². The van der Waals surface area contributed by atoms with E-state index in [1.54, 1.807) is 12.4 Å². The molecule has 3 aromatic rings. The van der Waals surface area contributed by atoms with Gasteiger partial charge in [-0.3, -0.25) is 0 Å². The third kappa shape index (κ3) is 2.74. The second-order valence-corrected chi connectivity index (χ2v) is 5.18. The number of hydrogen-bond donors (Lipinski definition) is 0. The number of aromatic nitrogens is 2. The monoisotopic (exact) mass is 480 g/mol. The maximum Gasteiger partial charge on any atom is 0.145 e. The van der Waals surface area contributed by atoms with Crippen LogP contribution in [0.3, 0.4) is 0 Å². The molecule has 4 rings (SSSR count). The molecule has 0 atom stereocenters. The molecule has 4 nitrogen and oxygen atoms in total. The molecule has 2 heterocycles. The van der Waals surface area contributed by atoms with Crippen molar-refractivity contribution in [3.05, 3.63) is 79.2 Å². The summed E-state index contributed by atoms with van der Waals surface area (Å²) in [4.78, 5) is 13.2. The average molecular weight is 480 g/mol. The predicted octanol–water partition coefficient (Wildman–Crippen LogP) is 4.19. The van der Waals surface area contributed by atoms with Crippen molar-refractivity contribution >= 4 is 23.0 Å². The second kappa shape index (κ2) is 6.49. The molecule has 0 fully saturated rings. The number of aryl methyl sites for hydroxylation is 1. The van der Waals surface area contributed by atoms with Gasteiger partial charge >= 0.3 is 0 Å². The molecule has 5 heteroatoms. The van der Waals surface area contributed by atoms with Crippen molar-refractivity contribution in [2.45, 2.75) is 6.92 Å². The van der Waals surface area contributed by atoms with Crippen LogP contribution in [0.5, 0.6) is 0 Å². The standard InChI is InChI=1S/C18H15N4.Ir/c1-14-7-5-6-10-16(14)22-13-21(15-8-3-2-4-9-15)17-18(22)20-12-11-19-17;/h2-13H,1H3;/q-1;. The van der Waals surface area contributed by atoms with Crippen LogP contribution in [-0.4, -0.2) is 9.97 Å². The minimum absolute atomic E-state index is 0. The number of fused-ring (bicyclic) bond motifs is 1. The zero-order chi connectivity index (χ0) is 14.9. The molecule has 0 unspecified atom stereocenters. The van der Waals surface area contributed by atoms with Gasteiger partial charge in [-0.2, -0.15) is 0 Å². The molecule has 0 saturated carbocycles. The Labute approximate surface area is 149 Å². The molecule has 0 saturated heterocycles. The van der Waals surface area contributed by atoms with Gasteiger partial charge in [0.25, 0.3) is 0 Å². The van der Waals surface area contributed by atoms with Gasteiger partial charge in [0, 0.05) is 43.9 Å². The molecule has 1 radical (unpaired) electrons. The van der Waals surface area contributed by atoms with E-state index in [1.165, 1.54) is 5.56 Å². The number of hydrogen-bond acceptors (Lipinski definition) is 4. The van der Waals surface area contributed by atoms with Crippen molar-refractivity contribution in [2.75, 3.05) is 9.80 Å². The maximum absolute atomic E-state index is 4.52. The first-order valence-corrected chi connectivity index (χ1v) is 7.20. The van der Waals surface area contributed by atoms with Gasteiger partial charge in [-0.05, 0) is 30.7 Å². The number of benzene rings is 2. The van der Waals surface area contributed by atoms with Crippen LogP contribution >= 0.6 is 0 Å². The Bertz CT molecular complexity index is 807. The summed E-state index contributed by atoms with van der Waals surface area (Å²) < 4.78 is 0. The molecule has 0 bridgehead atoms. The Morgan fingerprint density at radius 1 is 0.783 bits per heavy atom. The summed E-state index contributed by atoms with van der Waals surface area (Å²) in [6.45, 7) is 4.15. The summed E-state index contributed by atoms with van der Waals surface area (Å²) >= 11 is 0. The Hall–Kier alpha value is -2.23. The molecule has 23 heavy (non-hydrogen) atoms. The normalized spacial score (nSPS) is 12.7. The van der Waals surface area contributed by atoms with E-state index < -0.39 is 0 Å². The molecule has 0 amide bonds. The van der Waals surface area contributed by atoms with Crippen molar-refractivity contribution < 1.29 is 20.1 Å². The van der Waals surface area contributed by atoms with E-state index in [2.05, 4.69) is 51.0 Å². The number of anilines is 4. The largest absolute Gasteiger partial charge is 0.456 e. The molecular formula is C18H15IrN4-. The SMILES string of the molecule is Cc1ccccc1N1[CH-]N(c2ccccc2)c2nccnc21.[Ir]. The zero-order valence-electron chi connectivity index (χ0n) is 12.6. The Balaban J connectivity index is 0.00000156. The molecule has 1 aromatic heterocycles. The minimum atomic E-state index is 0. The quantitative estimate of drug-likeness (QED) is 0.516. The smallest absolute Gasteiger partial charge is 0.145 e. The van der Waals surface area contributed by atoms with Crippen molar-refractivity contribution in [2.24, 2.45) is 0 Å². The van der Waals surface area contributed by atoms with E-state index >= 15 is 0 Å². The van der Waals surface area contributed by atoms with Crippen LogP contribution in [0.2, 0.25) is 0 Å². The van der Waals surface area contributed by atoms with Gasteiger partial charge in [0.05, 0.1) is 0 Å². The fraction of sp³-hybridized carbons (Fsp3) is 0.0556. The van der Waals surface area contributed by atoms with E-state index in [0.717, 1.165) is 23.0 Å². The summed E-state index contributed by atoms with van der Waals surface area (Å²) in [5.74, 6) is 1.69. The van der Waals surface area contributed by atoms with Gasteiger partial charge < -0.3 is 9.80 Å². The molecule has 0 N–H and O–H groups in total. The Kier molecular flexibility index (Phi) is 4.42. The third-order valence-corrected chi connectivity index (χ3v) is 3.76. The van der Waals surface area contributed by atoms with Crippen molar-refractivity contribution in [3.63, 3.8) is 0 Å². The van der Waals surface area contributed by atoms with E-state index in [1.807, 2.05) is 37.0 Å². The van der Waals surface area contributed by atoms with Gasteiger partial charge in [0.1, 0.15) is 11.6 Å². The predicted molar refractivity (Wildman–Crippen MR) is 88.2 cm³/mol. The molecular weight excluding hydrogens is 464 g/mol. The van der Waals surface area contributed by atoms with Crippen LogP contribution in [0.25, 0.3) is 0 Å². The zero-order valence-corrected chi connectivity index (χ0v) is 14.9.